The van der Waals surface area contributed by atoms with E-state index in [9.17, 15) is 0 Å². The van der Waals surface area contributed by atoms with Crippen LogP contribution in [0.5, 0.6) is 5.75 Å². The highest BCUT2D eigenvalue weighted by Gasteiger charge is 2.26. The van der Waals surface area contributed by atoms with Crippen LogP contribution in [0.2, 0.25) is 0 Å². The topological polar surface area (TPSA) is 35.0 Å². The summed E-state index contributed by atoms with van der Waals surface area (Å²) in [7, 11) is 0. The first kappa shape index (κ1) is 27.3. The molecule has 0 atom stereocenters. The van der Waals surface area contributed by atoms with Gasteiger partial charge in [-0.05, 0) is 52.3 Å². The minimum absolute atomic E-state index is 0.0267. The number of fused-ring (bicyclic) bond motifs is 1. The number of rotatable bonds is 7. The molecule has 3 nitrogen and oxygen atoms in total. The van der Waals surface area contributed by atoms with Crippen molar-refractivity contribution in [1.82, 2.24) is 8.75 Å². The fraction of sp³-hybridized carbons (Fsp3) is 0.533. The van der Waals surface area contributed by atoms with Crippen molar-refractivity contribution in [3.8, 4) is 25.9 Å². The van der Waals surface area contributed by atoms with Gasteiger partial charge in [0.15, 0.2) is 0 Å². The molecule has 1 aromatic carbocycles. The Hall–Kier alpha value is -1.76. The van der Waals surface area contributed by atoms with Gasteiger partial charge in [0.05, 0.1) is 28.1 Å². The normalized spacial score (nSPS) is 12.9. The van der Waals surface area contributed by atoms with E-state index in [2.05, 4.69) is 93.5 Å². The highest BCUT2D eigenvalue weighted by Crippen LogP contribution is 2.50. The van der Waals surface area contributed by atoms with Gasteiger partial charge >= 0.3 is 0 Å². The minimum Gasteiger partial charge on any atom is -0.492 e. The Morgan fingerprint density at radius 1 is 0.806 bits per heavy atom. The smallest absolute Gasteiger partial charge is 0.139 e. The van der Waals surface area contributed by atoms with Gasteiger partial charge in [0.25, 0.3) is 0 Å². The highest BCUT2D eigenvalue weighted by atomic mass is 32.1. The first-order valence-electron chi connectivity index (χ1n) is 12.9. The molecule has 0 spiro atoms. The summed E-state index contributed by atoms with van der Waals surface area (Å²) < 4.78 is 15.9. The molecule has 6 heteroatoms. The Balaban J connectivity index is 1.89. The van der Waals surface area contributed by atoms with Crippen LogP contribution in [-0.4, -0.2) is 15.4 Å². The van der Waals surface area contributed by atoms with Crippen molar-refractivity contribution < 1.29 is 4.74 Å². The molecular formula is C30H40N2OS3. The average molecular weight is 541 g/mol. The second-order valence-electron chi connectivity index (χ2n) is 12.7. The number of aromatic nitrogens is 2. The molecule has 0 unspecified atom stereocenters. The zero-order valence-corrected chi connectivity index (χ0v) is 25.9. The molecule has 0 aliphatic rings. The van der Waals surface area contributed by atoms with Gasteiger partial charge in [-0.2, -0.15) is 8.75 Å². The summed E-state index contributed by atoms with van der Waals surface area (Å²) in [5.74, 6) is 2.08. The summed E-state index contributed by atoms with van der Waals surface area (Å²) in [5.41, 5.74) is 6.01. The Kier molecular flexibility index (Phi) is 7.72. The predicted octanol–water partition coefficient (Wildman–Crippen LogP) is 9.98. The molecule has 0 bridgehead atoms. The molecule has 36 heavy (non-hydrogen) atoms. The van der Waals surface area contributed by atoms with Gasteiger partial charge in [-0.1, -0.05) is 81.4 Å². The maximum Gasteiger partial charge on any atom is 0.139 e. The average Bonchev–Trinajstić information content (AvgIpc) is 3.47. The molecule has 194 valence electrons. The molecule has 0 amide bonds. The summed E-state index contributed by atoms with van der Waals surface area (Å²) in [6.07, 6.45) is 1.04. The summed E-state index contributed by atoms with van der Waals surface area (Å²) in [5, 5.41) is 0. The van der Waals surface area contributed by atoms with Crippen molar-refractivity contribution in [2.24, 2.45) is 11.8 Å². The lowest BCUT2D eigenvalue weighted by Crippen LogP contribution is -2.11. The first-order chi connectivity index (χ1) is 16.8. The maximum absolute atomic E-state index is 6.41. The van der Waals surface area contributed by atoms with E-state index in [4.69, 9.17) is 13.5 Å². The minimum atomic E-state index is 0.0267. The first-order valence-corrected chi connectivity index (χ1v) is 15.3. The molecule has 0 aliphatic carbocycles. The molecule has 4 rings (SSSR count). The Labute approximate surface area is 229 Å². The highest BCUT2D eigenvalue weighted by molar-refractivity contribution is 7.24. The molecule has 0 saturated heterocycles. The number of hydrogen-bond donors (Lipinski definition) is 0. The third-order valence-corrected chi connectivity index (χ3v) is 9.59. The van der Waals surface area contributed by atoms with E-state index in [1.54, 1.807) is 0 Å². The number of thiophene rings is 2. The zero-order chi connectivity index (χ0) is 26.4. The molecule has 0 aliphatic heterocycles. The zero-order valence-electron chi connectivity index (χ0n) is 23.4. The van der Waals surface area contributed by atoms with E-state index in [1.165, 1.54) is 47.9 Å². The van der Waals surface area contributed by atoms with Crippen molar-refractivity contribution in [3.63, 3.8) is 0 Å². The molecule has 0 radical (unpaired) electrons. The van der Waals surface area contributed by atoms with Crippen LogP contribution < -0.4 is 4.74 Å². The van der Waals surface area contributed by atoms with Crippen LogP contribution in [0.4, 0.5) is 0 Å². The quantitative estimate of drug-likeness (QED) is 0.234. The fourth-order valence-electron chi connectivity index (χ4n) is 4.28. The largest absolute Gasteiger partial charge is 0.492 e. The van der Waals surface area contributed by atoms with Gasteiger partial charge in [0.2, 0.25) is 0 Å². The second kappa shape index (κ2) is 10.2. The standard InChI is InChI=1S/C30H40N2OS3/c1-17(2)13-19-14-23(20-11-12-21(29(5,6)7)26-25(20)31-36-32-26)34-27(19)28-22(33-16-18(3)4)15-24(35-28)30(8,9)10/h11-12,14-15,17-18H,13,16H2,1-10H3. The lowest BCUT2D eigenvalue weighted by Gasteiger charge is -2.19. The van der Waals surface area contributed by atoms with Crippen LogP contribution in [-0.2, 0) is 17.3 Å². The summed E-state index contributed by atoms with van der Waals surface area (Å²) in [6, 6.07) is 9.18. The molecule has 0 saturated carbocycles. The maximum atomic E-state index is 6.41. The van der Waals surface area contributed by atoms with Crippen molar-refractivity contribution in [1.29, 1.82) is 0 Å². The number of hydrogen-bond acceptors (Lipinski definition) is 6. The van der Waals surface area contributed by atoms with E-state index in [-0.39, 0.29) is 10.8 Å². The van der Waals surface area contributed by atoms with Crippen molar-refractivity contribution in [3.05, 3.63) is 40.3 Å². The van der Waals surface area contributed by atoms with Crippen LogP contribution in [0, 0.1) is 11.8 Å². The number of ether oxygens (including phenoxy) is 1. The van der Waals surface area contributed by atoms with E-state index >= 15 is 0 Å². The van der Waals surface area contributed by atoms with Gasteiger partial charge < -0.3 is 4.74 Å². The van der Waals surface area contributed by atoms with Gasteiger partial charge in [-0.15, -0.1) is 22.7 Å². The van der Waals surface area contributed by atoms with Crippen molar-refractivity contribution in [2.45, 2.75) is 86.5 Å². The predicted molar refractivity (Wildman–Crippen MR) is 160 cm³/mol. The third-order valence-electron chi connectivity index (χ3n) is 6.14. The van der Waals surface area contributed by atoms with E-state index < -0.39 is 0 Å². The van der Waals surface area contributed by atoms with Crippen LogP contribution in [0.25, 0.3) is 31.2 Å². The van der Waals surface area contributed by atoms with Crippen LogP contribution >= 0.6 is 34.4 Å². The van der Waals surface area contributed by atoms with Crippen molar-refractivity contribution >= 4 is 45.4 Å². The Morgan fingerprint density at radius 2 is 1.50 bits per heavy atom. The number of benzene rings is 1. The van der Waals surface area contributed by atoms with Gasteiger partial charge in [-0.3, -0.25) is 0 Å². The summed E-state index contributed by atoms with van der Waals surface area (Å²) in [6.45, 7) is 23.3. The van der Waals surface area contributed by atoms with Crippen LogP contribution in [0.3, 0.4) is 0 Å². The fourth-order valence-corrected chi connectivity index (χ4v) is 7.40. The van der Waals surface area contributed by atoms with E-state index in [1.807, 2.05) is 22.7 Å². The lowest BCUT2D eigenvalue weighted by molar-refractivity contribution is 0.272. The third kappa shape index (κ3) is 5.71. The van der Waals surface area contributed by atoms with Gasteiger partial charge in [0, 0.05) is 15.3 Å². The van der Waals surface area contributed by atoms with Gasteiger partial charge in [0.1, 0.15) is 16.8 Å². The van der Waals surface area contributed by atoms with E-state index in [0.29, 0.717) is 11.8 Å². The monoisotopic (exact) mass is 540 g/mol. The molecule has 0 N–H and O–H groups in total. The van der Waals surface area contributed by atoms with Gasteiger partial charge in [-0.25, -0.2) is 0 Å². The van der Waals surface area contributed by atoms with E-state index in [0.717, 1.165) is 29.8 Å². The Morgan fingerprint density at radius 3 is 2.11 bits per heavy atom. The molecule has 3 heterocycles. The molecular weight excluding hydrogens is 501 g/mol. The van der Waals surface area contributed by atoms with Crippen LogP contribution in [0.1, 0.15) is 85.2 Å². The lowest BCUT2D eigenvalue weighted by atomic mass is 9.85. The SMILES string of the molecule is CC(C)COc1cc(C(C)(C)C)sc1-c1sc(-c2ccc(C(C)(C)C)c3nsnc23)cc1CC(C)C. The summed E-state index contributed by atoms with van der Waals surface area (Å²) >= 11 is 5.08. The summed E-state index contributed by atoms with van der Waals surface area (Å²) in [4.78, 5) is 5.24. The number of nitrogens with zero attached hydrogens (tertiary/aromatic N) is 2. The molecule has 3 aromatic heterocycles. The van der Waals surface area contributed by atoms with Crippen molar-refractivity contribution in [2.75, 3.05) is 6.61 Å². The Bertz CT molecular complexity index is 1340. The second-order valence-corrected chi connectivity index (χ2v) is 15.3. The van der Waals surface area contributed by atoms with Crippen LogP contribution in [0.15, 0.2) is 24.3 Å². The molecule has 4 aromatic rings. The molecule has 0 fully saturated rings.